The van der Waals surface area contributed by atoms with E-state index in [-0.39, 0.29) is 41.6 Å². The molecule has 0 bridgehead atoms. The van der Waals surface area contributed by atoms with Gasteiger partial charge in [-0.05, 0) is 44.9 Å². The molecule has 8 heteroatoms. The summed E-state index contributed by atoms with van der Waals surface area (Å²) < 4.78 is 0. The zero-order valence-corrected chi connectivity index (χ0v) is 18.6. The Morgan fingerprint density at radius 2 is 1.81 bits per heavy atom. The van der Waals surface area contributed by atoms with E-state index in [1.165, 1.54) is 4.90 Å². The fourth-order valence-corrected chi connectivity index (χ4v) is 5.43. The summed E-state index contributed by atoms with van der Waals surface area (Å²) in [7, 11) is 0. The van der Waals surface area contributed by atoms with Gasteiger partial charge in [0.05, 0.1) is 6.04 Å². The number of rotatable bonds is 3. The maximum atomic E-state index is 13.4. The van der Waals surface area contributed by atoms with Crippen molar-refractivity contribution in [3.05, 3.63) is 12.2 Å². The van der Waals surface area contributed by atoms with Crippen LogP contribution in [0.4, 0.5) is 4.79 Å². The van der Waals surface area contributed by atoms with Crippen LogP contribution in [0.25, 0.3) is 0 Å². The second-order valence-corrected chi connectivity index (χ2v) is 9.73. The summed E-state index contributed by atoms with van der Waals surface area (Å²) in [6.45, 7) is 5.80. The van der Waals surface area contributed by atoms with Crippen molar-refractivity contribution in [1.29, 1.82) is 0 Å². The van der Waals surface area contributed by atoms with Crippen molar-refractivity contribution < 1.29 is 19.2 Å². The lowest BCUT2D eigenvalue weighted by Crippen LogP contribution is -2.57. The van der Waals surface area contributed by atoms with E-state index in [1.54, 1.807) is 4.90 Å². The molecule has 1 N–H and O–H groups in total. The highest BCUT2D eigenvalue weighted by molar-refractivity contribution is 6.07. The minimum absolute atomic E-state index is 0.0148. The third-order valence-electron chi connectivity index (χ3n) is 7.31. The average molecular weight is 431 g/mol. The fraction of sp³-hybridized carbons (Fsp3) is 0.739. The summed E-state index contributed by atoms with van der Waals surface area (Å²) in [4.78, 5) is 56.6. The molecule has 3 heterocycles. The number of carbonyl (C=O) groups is 4. The molecule has 0 unspecified atom stereocenters. The molecule has 3 saturated heterocycles. The standard InChI is InChI=1S/C23H34N4O4/c1-16(2)19(28)25-13-10-23(11-14-25)21(30)27(22(31)24-23)18-9-6-12-26(15-18)20(29)17-7-4-3-5-8-17/h3-4,16-18H,5-15H2,1-2H3,(H,24,31)/t17-,18+/m1/s1. The summed E-state index contributed by atoms with van der Waals surface area (Å²) in [5.41, 5.74) is -0.911. The van der Waals surface area contributed by atoms with E-state index in [0.29, 0.717) is 39.0 Å². The van der Waals surface area contributed by atoms with Crippen LogP contribution in [0, 0.1) is 11.8 Å². The molecular formula is C23H34N4O4. The maximum Gasteiger partial charge on any atom is 0.325 e. The molecule has 1 spiro atoms. The van der Waals surface area contributed by atoms with Crippen LogP contribution in [0.1, 0.15) is 58.8 Å². The molecular weight excluding hydrogens is 396 g/mol. The normalized spacial score (nSPS) is 28.4. The predicted molar refractivity (Wildman–Crippen MR) is 115 cm³/mol. The fourth-order valence-electron chi connectivity index (χ4n) is 5.43. The summed E-state index contributed by atoms with van der Waals surface area (Å²) in [6.07, 6.45) is 9.17. The van der Waals surface area contributed by atoms with Crippen LogP contribution >= 0.6 is 0 Å². The van der Waals surface area contributed by atoms with Gasteiger partial charge in [0, 0.05) is 38.0 Å². The molecule has 0 aromatic carbocycles. The van der Waals surface area contributed by atoms with E-state index in [2.05, 4.69) is 17.5 Å². The number of allylic oxidation sites excluding steroid dienone is 2. The third-order valence-corrected chi connectivity index (χ3v) is 7.31. The van der Waals surface area contributed by atoms with Crippen LogP contribution in [-0.2, 0) is 14.4 Å². The van der Waals surface area contributed by atoms with Gasteiger partial charge in [-0.25, -0.2) is 4.79 Å². The molecule has 1 aliphatic carbocycles. The first-order valence-electron chi connectivity index (χ1n) is 11.7. The number of hydrogen-bond donors (Lipinski definition) is 1. The van der Waals surface area contributed by atoms with E-state index < -0.39 is 5.54 Å². The Balaban J connectivity index is 1.41. The van der Waals surface area contributed by atoms with Crippen LogP contribution in [0.15, 0.2) is 12.2 Å². The Hall–Kier alpha value is -2.38. The monoisotopic (exact) mass is 430 g/mol. The van der Waals surface area contributed by atoms with Crippen molar-refractivity contribution >= 4 is 23.8 Å². The minimum atomic E-state index is -0.911. The van der Waals surface area contributed by atoms with Gasteiger partial charge < -0.3 is 15.1 Å². The molecule has 2 atom stereocenters. The Morgan fingerprint density at radius 1 is 1.06 bits per heavy atom. The number of nitrogens with one attached hydrogen (secondary N) is 1. The lowest BCUT2D eigenvalue weighted by atomic mass is 9.86. The highest BCUT2D eigenvalue weighted by Gasteiger charge is 2.55. The third kappa shape index (κ3) is 4.08. The topological polar surface area (TPSA) is 90.0 Å². The smallest absolute Gasteiger partial charge is 0.325 e. The largest absolute Gasteiger partial charge is 0.342 e. The molecule has 0 aromatic rings. The number of amides is 5. The van der Waals surface area contributed by atoms with E-state index in [9.17, 15) is 19.2 Å². The molecule has 0 radical (unpaired) electrons. The molecule has 0 saturated carbocycles. The van der Waals surface area contributed by atoms with Gasteiger partial charge in [-0.15, -0.1) is 0 Å². The highest BCUT2D eigenvalue weighted by Crippen LogP contribution is 2.33. The van der Waals surface area contributed by atoms with Crippen LogP contribution in [-0.4, -0.2) is 76.2 Å². The van der Waals surface area contributed by atoms with Crippen LogP contribution in [0.3, 0.4) is 0 Å². The number of carbonyl (C=O) groups excluding carboxylic acids is 4. The molecule has 4 rings (SSSR count). The molecule has 3 fully saturated rings. The summed E-state index contributed by atoms with van der Waals surface area (Å²) in [6, 6.07) is -0.632. The van der Waals surface area contributed by atoms with E-state index in [1.807, 2.05) is 18.7 Å². The number of likely N-dealkylation sites (tertiary alicyclic amines) is 2. The first kappa shape index (κ1) is 21.8. The van der Waals surface area contributed by atoms with Gasteiger partial charge in [-0.3, -0.25) is 19.3 Å². The van der Waals surface area contributed by atoms with Crippen LogP contribution < -0.4 is 5.32 Å². The summed E-state index contributed by atoms with van der Waals surface area (Å²) in [5.74, 6) is -0.0151. The first-order chi connectivity index (χ1) is 14.8. The lowest BCUT2D eigenvalue weighted by molar-refractivity contribution is -0.143. The molecule has 0 aromatic heterocycles. The zero-order valence-electron chi connectivity index (χ0n) is 18.6. The van der Waals surface area contributed by atoms with Gasteiger partial charge in [0.15, 0.2) is 0 Å². The van der Waals surface area contributed by atoms with Crippen LogP contribution in [0.2, 0.25) is 0 Å². The molecule has 3 aliphatic heterocycles. The average Bonchev–Trinajstić information content (AvgIpc) is 3.02. The highest BCUT2D eigenvalue weighted by atomic mass is 16.2. The lowest BCUT2D eigenvalue weighted by Gasteiger charge is -2.40. The minimum Gasteiger partial charge on any atom is -0.342 e. The molecule has 31 heavy (non-hydrogen) atoms. The molecule has 4 aliphatic rings. The van der Waals surface area contributed by atoms with Gasteiger partial charge in [-0.1, -0.05) is 26.0 Å². The Bertz CT molecular complexity index is 784. The number of hydrogen-bond acceptors (Lipinski definition) is 4. The number of urea groups is 1. The predicted octanol–water partition coefficient (Wildman–Crippen LogP) is 1.90. The first-order valence-corrected chi connectivity index (χ1v) is 11.7. The van der Waals surface area contributed by atoms with Gasteiger partial charge in [-0.2, -0.15) is 0 Å². The quantitative estimate of drug-likeness (QED) is 0.547. The summed E-state index contributed by atoms with van der Waals surface area (Å²) >= 11 is 0. The molecule has 8 nitrogen and oxygen atoms in total. The van der Waals surface area contributed by atoms with E-state index >= 15 is 0 Å². The SMILES string of the molecule is CC(C)C(=O)N1CCC2(CC1)NC(=O)N([C@H]1CCCN(C(=O)[C@@H]3CC=CCC3)C1)C2=O. The van der Waals surface area contributed by atoms with E-state index in [4.69, 9.17) is 0 Å². The zero-order chi connectivity index (χ0) is 22.2. The van der Waals surface area contributed by atoms with Crippen LogP contribution in [0.5, 0.6) is 0 Å². The van der Waals surface area contributed by atoms with Gasteiger partial charge in [0.25, 0.3) is 5.91 Å². The summed E-state index contributed by atoms with van der Waals surface area (Å²) in [5, 5.41) is 2.95. The van der Waals surface area contributed by atoms with Crippen molar-refractivity contribution in [3.8, 4) is 0 Å². The van der Waals surface area contributed by atoms with Gasteiger partial charge >= 0.3 is 6.03 Å². The molecule has 170 valence electrons. The molecule has 5 amide bonds. The van der Waals surface area contributed by atoms with Crippen molar-refractivity contribution in [2.45, 2.75) is 70.4 Å². The van der Waals surface area contributed by atoms with Gasteiger partial charge in [0.2, 0.25) is 11.8 Å². The number of nitrogens with zero attached hydrogens (tertiary/aromatic N) is 3. The van der Waals surface area contributed by atoms with E-state index in [0.717, 1.165) is 32.1 Å². The van der Waals surface area contributed by atoms with Crippen molar-refractivity contribution in [3.63, 3.8) is 0 Å². The second kappa shape index (κ2) is 8.63. The number of imide groups is 1. The number of piperidine rings is 2. The van der Waals surface area contributed by atoms with Crippen molar-refractivity contribution in [2.24, 2.45) is 11.8 Å². The Morgan fingerprint density at radius 3 is 2.45 bits per heavy atom. The van der Waals surface area contributed by atoms with Crippen molar-refractivity contribution in [1.82, 2.24) is 20.0 Å². The second-order valence-electron chi connectivity index (χ2n) is 9.73. The van der Waals surface area contributed by atoms with Crippen molar-refractivity contribution in [2.75, 3.05) is 26.2 Å². The Labute approximate surface area is 184 Å². The Kier molecular flexibility index (Phi) is 6.08. The maximum absolute atomic E-state index is 13.4. The van der Waals surface area contributed by atoms with Gasteiger partial charge in [0.1, 0.15) is 5.54 Å².